The Balaban J connectivity index is 4.06. The van der Waals surface area contributed by atoms with Crippen molar-refractivity contribution in [2.45, 2.75) is 53.9 Å². The van der Waals surface area contributed by atoms with Gasteiger partial charge in [-0.2, -0.15) is 0 Å². The molecule has 0 aromatic heterocycles. The number of hydrogen-bond acceptors (Lipinski definition) is 2. The average molecular weight is 200 g/mol. The predicted octanol–water partition coefficient (Wildman–Crippen LogP) is 3.40. The van der Waals surface area contributed by atoms with E-state index in [1.807, 2.05) is 6.92 Å². The Bertz CT molecular complexity index is 168. The van der Waals surface area contributed by atoms with E-state index in [0.717, 1.165) is 19.3 Å². The SMILES string of the molecule is CCCCOC(=O)C(CC)C(C)(C)C. The van der Waals surface area contributed by atoms with Gasteiger partial charge in [0, 0.05) is 0 Å². The van der Waals surface area contributed by atoms with Gasteiger partial charge in [0.2, 0.25) is 0 Å². The van der Waals surface area contributed by atoms with Crippen molar-refractivity contribution in [3.05, 3.63) is 0 Å². The Hall–Kier alpha value is -0.530. The van der Waals surface area contributed by atoms with Crippen molar-refractivity contribution in [1.29, 1.82) is 0 Å². The second-order valence-corrected chi connectivity index (χ2v) is 4.85. The van der Waals surface area contributed by atoms with Gasteiger partial charge in [-0.3, -0.25) is 4.79 Å². The highest BCUT2D eigenvalue weighted by atomic mass is 16.5. The third-order valence-corrected chi connectivity index (χ3v) is 2.48. The van der Waals surface area contributed by atoms with E-state index in [4.69, 9.17) is 4.74 Å². The Morgan fingerprint density at radius 1 is 1.29 bits per heavy atom. The molecule has 0 radical (unpaired) electrons. The molecule has 0 aromatic rings. The average Bonchev–Trinajstić information content (AvgIpc) is 2.03. The molecule has 0 aromatic carbocycles. The van der Waals surface area contributed by atoms with E-state index >= 15 is 0 Å². The molecule has 0 fully saturated rings. The normalized spacial score (nSPS) is 13.8. The number of ether oxygens (including phenoxy) is 1. The summed E-state index contributed by atoms with van der Waals surface area (Å²) in [5.74, 6) is -0.00666. The van der Waals surface area contributed by atoms with Gasteiger partial charge in [-0.1, -0.05) is 41.0 Å². The van der Waals surface area contributed by atoms with Crippen LogP contribution in [0.4, 0.5) is 0 Å². The van der Waals surface area contributed by atoms with E-state index in [2.05, 4.69) is 27.7 Å². The molecule has 0 amide bonds. The van der Waals surface area contributed by atoms with E-state index in [-0.39, 0.29) is 17.3 Å². The fourth-order valence-electron chi connectivity index (χ4n) is 1.55. The molecule has 0 rings (SSSR count). The van der Waals surface area contributed by atoms with Gasteiger partial charge in [0.05, 0.1) is 12.5 Å². The van der Waals surface area contributed by atoms with Crippen LogP contribution < -0.4 is 0 Å². The van der Waals surface area contributed by atoms with E-state index in [1.165, 1.54) is 0 Å². The number of rotatable bonds is 5. The summed E-state index contributed by atoms with van der Waals surface area (Å²) in [5.41, 5.74) is 0.0120. The molecule has 2 heteroatoms. The maximum Gasteiger partial charge on any atom is 0.309 e. The molecule has 1 atom stereocenters. The summed E-state index contributed by atoms with van der Waals surface area (Å²) in [5, 5.41) is 0. The van der Waals surface area contributed by atoms with Crippen molar-refractivity contribution in [2.75, 3.05) is 6.61 Å². The zero-order valence-electron chi connectivity index (χ0n) is 10.2. The molecular weight excluding hydrogens is 176 g/mol. The molecule has 0 aliphatic carbocycles. The third kappa shape index (κ3) is 4.64. The van der Waals surface area contributed by atoms with E-state index in [0.29, 0.717) is 6.61 Å². The molecule has 0 aliphatic rings. The molecule has 1 unspecified atom stereocenters. The van der Waals surface area contributed by atoms with Crippen LogP contribution in [0, 0.1) is 11.3 Å². The zero-order chi connectivity index (χ0) is 11.2. The molecule has 0 bridgehead atoms. The topological polar surface area (TPSA) is 26.3 Å². The number of hydrogen-bond donors (Lipinski definition) is 0. The number of carbonyl (C=O) groups is 1. The van der Waals surface area contributed by atoms with Crippen molar-refractivity contribution < 1.29 is 9.53 Å². The van der Waals surface area contributed by atoms with Crippen LogP contribution in [-0.2, 0) is 9.53 Å². The summed E-state index contributed by atoms with van der Waals surface area (Å²) in [6.45, 7) is 11.0. The second-order valence-electron chi connectivity index (χ2n) is 4.85. The van der Waals surface area contributed by atoms with Gasteiger partial charge in [0.25, 0.3) is 0 Å². The molecule has 2 nitrogen and oxygen atoms in total. The summed E-state index contributed by atoms with van der Waals surface area (Å²) in [6.07, 6.45) is 2.89. The lowest BCUT2D eigenvalue weighted by molar-refractivity contribution is -0.152. The lowest BCUT2D eigenvalue weighted by Gasteiger charge is -2.27. The summed E-state index contributed by atoms with van der Waals surface area (Å²) < 4.78 is 5.22. The molecule has 0 N–H and O–H groups in total. The highest BCUT2D eigenvalue weighted by molar-refractivity contribution is 5.73. The Morgan fingerprint density at radius 3 is 2.21 bits per heavy atom. The monoisotopic (exact) mass is 200 g/mol. The first-order valence-corrected chi connectivity index (χ1v) is 5.60. The smallest absolute Gasteiger partial charge is 0.309 e. The highest BCUT2D eigenvalue weighted by Gasteiger charge is 2.30. The van der Waals surface area contributed by atoms with Crippen LogP contribution in [-0.4, -0.2) is 12.6 Å². The van der Waals surface area contributed by atoms with Crippen LogP contribution >= 0.6 is 0 Å². The van der Waals surface area contributed by atoms with Crippen LogP contribution in [0.25, 0.3) is 0 Å². The fraction of sp³-hybridized carbons (Fsp3) is 0.917. The maximum atomic E-state index is 11.7. The third-order valence-electron chi connectivity index (χ3n) is 2.48. The van der Waals surface area contributed by atoms with Crippen LogP contribution in [0.3, 0.4) is 0 Å². The van der Waals surface area contributed by atoms with Gasteiger partial charge in [-0.25, -0.2) is 0 Å². The first kappa shape index (κ1) is 13.5. The Labute approximate surface area is 88.0 Å². The maximum absolute atomic E-state index is 11.7. The van der Waals surface area contributed by atoms with Crippen molar-refractivity contribution in [2.24, 2.45) is 11.3 Å². The minimum absolute atomic E-state index is 0.0120. The lowest BCUT2D eigenvalue weighted by atomic mass is 9.79. The first-order chi connectivity index (χ1) is 6.43. The first-order valence-electron chi connectivity index (χ1n) is 5.60. The molecule has 0 saturated heterocycles. The lowest BCUT2D eigenvalue weighted by Crippen LogP contribution is -2.29. The number of esters is 1. The molecule has 0 aliphatic heterocycles. The number of unbranched alkanes of at least 4 members (excludes halogenated alkanes) is 1. The van der Waals surface area contributed by atoms with E-state index < -0.39 is 0 Å². The molecule has 14 heavy (non-hydrogen) atoms. The van der Waals surface area contributed by atoms with Crippen LogP contribution in [0.1, 0.15) is 53.9 Å². The zero-order valence-corrected chi connectivity index (χ0v) is 10.2. The largest absolute Gasteiger partial charge is 0.465 e. The van der Waals surface area contributed by atoms with Gasteiger partial charge in [0.15, 0.2) is 0 Å². The summed E-state index contributed by atoms with van der Waals surface area (Å²) in [6, 6.07) is 0. The van der Waals surface area contributed by atoms with Crippen molar-refractivity contribution >= 4 is 5.97 Å². The van der Waals surface area contributed by atoms with Crippen molar-refractivity contribution in [3.8, 4) is 0 Å². The number of carbonyl (C=O) groups excluding carboxylic acids is 1. The molecule has 0 saturated carbocycles. The fourth-order valence-corrected chi connectivity index (χ4v) is 1.55. The standard InChI is InChI=1S/C12H24O2/c1-6-8-9-14-11(13)10(7-2)12(3,4)5/h10H,6-9H2,1-5H3. The Kier molecular flexibility index (Phi) is 5.82. The highest BCUT2D eigenvalue weighted by Crippen LogP contribution is 2.29. The summed E-state index contributed by atoms with van der Waals surface area (Å²) >= 11 is 0. The second kappa shape index (κ2) is 6.05. The van der Waals surface area contributed by atoms with Crippen molar-refractivity contribution in [3.63, 3.8) is 0 Å². The minimum Gasteiger partial charge on any atom is -0.465 e. The molecule has 0 spiro atoms. The Morgan fingerprint density at radius 2 is 1.86 bits per heavy atom. The van der Waals surface area contributed by atoms with Crippen LogP contribution in [0.2, 0.25) is 0 Å². The van der Waals surface area contributed by atoms with Crippen LogP contribution in [0.15, 0.2) is 0 Å². The summed E-state index contributed by atoms with van der Waals surface area (Å²) in [4.78, 5) is 11.7. The van der Waals surface area contributed by atoms with Crippen molar-refractivity contribution in [1.82, 2.24) is 0 Å². The van der Waals surface area contributed by atoms with Gasteiger partial charge < -0.3 is 4.74 Å². The van der Waals surface area contributed by atoms with Gasteiger partial charge in [-0.15, -0.1) is 0 Å². The minimum atomic E-state index is -0.0338. The van der Waals surface area contributed by atoms with Gasteiger partial charge >= 0.3 is 5.97 Å². The summed E-state index contributed by atoms with van der Waals surface area (Å²) in [7, 11) is 0. The molecule has 0 heterocycles. The van der Waals surface area contributed by atoms with Gasteiger partial charge in [0.1, 0.15) is 0 Å². The molecular formula is C12H24O2. The van der Waals surface area contributed by atoms with Gasteiger partial charge in [-0.05, 0) is 18.3 Å². The molecule has 84 valence electrons. The van der Waals surface area contributed by atoms with E-state index in [1.54, 1.807) is 0 Å². The predicted molar refractivity (Wildman–Crippen MR) is 59.1 cm³/mol. The van der Waals surface area contributed by atoms with Crippen LogP contribution in [0.5, 0.6) is 0 Å². The quantitative estimate of drug-likeness (QED) is 0.502. The van der Waals surface area contributed by atoms with E-state index in [9.17, 15) is 4.79 Å².